The molecule has 2 aromatic rings. The minimum Gasteiger partial charge on any atom is -0.286 e. The Morgan fingerprint density at radius 3 is 2.57 bits per heavy atom. The molecule has 5 nitrogen and oxygen atoms in total. The van der Waals surface area contributed by atoms with Crippen LogP contribution in [0, 0.1) is 5.41 Å². The first-order chi connectivity index (χ1) is 13.6. The van der Waals surface area contributed by atoms with Crippen LogP contribution in [0.3, 0.4) is 0 Å². The maximum Gasteiger partial charge on any atom is 0.237 e. The highest BCUT2D eigenvalue weighted by Gasteiger charge is 2.51. The molecule has 3 heterocycles. The summed E-state index contributed by atoms with van der Waals surface area (Å²) in [6, 6.07) is 8.32. The highest BCUT2D eigenvalue weighted by atomic mass is 32.1. The van der Waals surface area contributed by atoms with Crippen molar-refractivity contribution in [3.05, 3.63) is 29.3 Å². The van der Waals surface area contributed by atoms with Gasteiger partial charge in [-0.25, -0.2) is 4.98 Å². The lowest BCUT2D eigenvalue weighted by molar-refractivity contribution is -0.144. The van der Waals surface area contributed by atoms with Crippen molar-refractivity contribution in [2.45, 2.75) is 57.3 Å². The predicted molar refractivity (Wildman–Crippen MR) is 110 cm³/mol. The lowest BCUT2D eigenvalue weighted by Gasteiger charge is -2.34. The van der Waals surface area contributed by atoms with Gasteiger partial charge in [-0.3, -0.25) is 19.4 Å². The van der Waals surface area contributed by atoms with Crippen LogP contribution in [-0.4, -0.2) is 46.4 Å². The number of carbonyl (C=O) groups is 2. The average molecular weight is 398 g/mol. The second kappa shape index (κ2) is 7.23. The van der Waals surface area contributed by atoms with Crippen LogP contribution in [-0.2, 0) is 9.59 Å². The number of nitrogens with zero attached hydrogens (tertiary/aromatic N) is 3. The van der Waals surface area contributed by atoms with E-state index in [9.17, 15) is 9.59 Å². The molecule has 5 rings (SSSR count). The molecule has 0 N–H and O–H groups in total. The van der Waals surface area contributed by atoms with Crippen molar-refractivity contribution in [3.8, 4) is 0 Å². The molecule has 0 unspecified atom stereocenters. The Balaban J connectivity index is 1.21. The Labute approximate surface area is 169 Å². The molecular weight excluding hydrogens is 370 g/mol. The minimum absolute atomic E-state index is 0.0418. The molecule has 0 atom stereocenters. The van der Waals surface area contributed by atoms with Gasteiger partial charge in [-0.2, -0.15) is 0 Å². The lowest BCUT2D eigenvalue weighted by Crippen LogP contribution is -2.46. The second-order valence-electron chi connectivity index (χ2n) is 8.70. The van der Waals surface area contributed by atoms with E-state index in [4.69, 9.17) is 4.98 Å². The number of imide groups is 1. The quantitative estimate of drug-likeness (QED) is 0.731. The molecule has 28 heavy (non-hydrogen) atoms. The van der Waals surface area contributed by atoms with Gasteiger partial charge in [0.15, 0.2) is 0 Å². The normalized spacial score (nSPS) is 23.9. The molecule has 2 saturated heterocycles. The zero-order chi connectivity index (χ0) is 19.1. The number of fused-ring (bicyclic) bond motifs is 1. The third-order valence-corrected chi connectivity index (χ3v) is 8.09. The van der Waals surface area contributed by atoms with Crippen molar-refractivity contribution >= 4 is 33.4 Å². The number of hydrogen-bond acceptors (Lipinski definition) is 5. The number of likely N-dealkylation sites (tertiary alicyclic amines) is 2. The fourth-order valence-electron chi connectivity index (χ4n) is 5.21. The van der Waals surface area contributed by atoms with E-state index < -0.39 is 0 Å². The van der Waals surface area contributed by atoms with E-state index in [2.05, 4.69) is 23.1 Å². The summed E-state index contributed by atoms with van der Waals surface area (Å²) in [6.45, 7) is 2.32. The van der Waals surface area contributed by atoms with Gasteiger partial charge in [-0.05, 0) is 37.8 Å². The highest BCUT2D eigenvalue weighted by molar-refractivity contribution is 7.18. The smallest absolute Gasteiger partial charge is 0.237 e. The van der Waals surface area contributed by atoms with Gasteiger partial charge in [0.05, 0.1) is 27.3 Å². The van der Waals surface area contributed by atoms with Crippen LogP contribution in [0.2, 0.25) is 0 Å². The number of aromatic nitrogens is 1. The molecule has 1 spiro atoms. The van der Waals surface area contributed by atoms with Gasteiger partial charge < -0.3 is 0 Å². The van der Waals surface area contributed by atoms with Crippen LogP contribution in [0.4, 0.5) is 0 Å². The predicted octanol–water partition coefficient (Wildman–Crippen LogP) is 4.14. The molecule has 1 saturated carbocycles. The number of carbonyl (C=O) groups excluding carboxylic acids is 2. The largest absolute Gasteiger partial charge is 0.286 e. The maximum absolute atomic E-state index is 13.0. The number of amides is 2. The van der Waals surface area contributed by atoms with Crippen molar-refractivity contribution in [1.29, 1.82) is 0 Å². The van der Waals surface area contributed by atoms with Crippen molar-refractivity contribution in [1.82, 2.24) is 14.8 Å². The van der Waals surface area contributed by atoms with Crippen molar-refractivity contribution in [2.75, 3.05) is 19.8 Å². The van der Waals surface area contributed by atoms with E-state index in [1.807, 2.05) is 6.07 Å². The first-order valence-electron chi connectivity index (χ1n) is 10.6. The standard InChI is InChI=1S/C22H27N3O2S/c26-19-14-22(10-4-1-5-11-22)21(27)25(19)15-24-12-8-16(9-13-24)20-23-17-6-2-3-7-18(17)28-20/h2-3,6-7,16H,1,4-5,8-15H2. The summed E-state index contributed by atoms with van der Waals surface area (Å²) in [7, 11) is 0. The van der Waals surface area contributed by atoms with E-state index in [0.29, 0.717) is 19.0 Å². The fourth-order valence-corrected chi connectivity index (χ4v) is 6.34. The van der Waals surface area contributed by atoms with E-state index in [1.165, 1.54) is 16.1 Å². The topological polar surface area (TPSA) is 53.5 Å². The first-order valence-corrected chi connectivity index (χ1v) is 11.4. The summed E-state index contributed by atoms with van der Waals surface area (Å²) >= 11 is 1.81. The van der Waals surface area contributed by atoms with E-state index in [0.717, 1.165) is 57.1 Å². The summed E-state index contributed by atoms with van der Waals surface area (Å²) in [5, 5.41) is 1.23. The van der Waals surface area contributed by atoms with Crippen LogP contribution < -0.4 is 0 Å². The molecule has 2 aliphatic heterocycles. The minimum atomic E-state index is -0.366. The zero-order valence-corrected chi connectivity index (χ0v) is 17.0. The third-order valence-electron chi connectivity index (χ3n) is 6.89. The maximum atomic E-state index is 13.0. The number of piperidine rings is 1. The Morgan fingerprint density at radius 2 is 1.82 bits per heavy atom. The zero-order valence-electron chi connectivity index (χ0n) is 16.2. The van der Waals surface area contributed by atoms with E-state index in [1.54, 1.807) is 16.2 Å². The van der Waals surface area contributed by atoms with Crippen LogP contribution in [0.15, 0.2) is 24.3 Å². The molecule has 3 fully saturated rings. The van der Waals surface area contributed by atoms with Gasteiger partial charge in [0.2, 0.25) is 11.8 Å². The van der Waals surface area contributed by atoms with Gasteiger partial charge in [0.1, 0.15) is 0 Å². The van der Waals surface area contributed by atoms with Crippen LogP contribution >= 0.6 is 11.3 Å². The molecule has 3 aliphatic rings. The number of benzene rings is 1. The summed E-state index contributed by atoms with van der Waals surface area (Å²) in [5.74, 6) is 0.633. The number of para-hydroxylation sites is 1. The monoisotopic (exact) mass is 397 g/mol. The third kappa shape index (κ3) is 3.16. The molecule has 148 valence electrons. The summed E-state index contributed by atoms with van der Waals surface area (Å²) in [5.41, 5.74) is 0.727. The van der Waals surface area contributed by atoms with Crippen LogP contribution in [0.5, 0.6) is 0 Å². The fraction of sp³-hybridized carbons (Fsp3) is 0.591. The summed E-state index contributed by atoms with van der Waals surface area (Å²) < 4.78 is 1.26. The van der Waals surface area contributed by atoms with Crippen LogP contribution in [0.1, 0.15) is 62.3 Å². The molecule has 2 amide bonds. The molecule has 1 aromatic carbocycles. The Kier molecular flexibility index (Phi) is 4.71. The van der Waals surface area contributed by atoms with Gasteiger partial charge in [-0.1, -0.05) is 31.4 Å². The number of hydrogen-bond donors (Lipinski definition) is 0. The Bertz CT molecular complexity index is 861. The average Bonchev–Trinajstić information content (AvgIpc) is 3.25. The summed E-state index contributed by atoms with van der Waals surface area (Å²) in [4.78, 5) is 34.3. The molecular formula is C22H27N3O2S. The molecule has 0 radical (unpaired) electrons. The van der Waals surface area contributed by atoms with Gasteiger partial charge in [-0.15, -0.1) is 11.3 Å². The van der Waals surface area contributed by atoms with E-state index in [-0.39, 0.29) is 17.2 Å². The summed E-state index contributed by atoms with van der Waals surface area (Å²) in [6.07, 6.45) is 7.68. The van der Waals surface area contributed by atoms with Crippen LogP contribution in [0.25, 0.3) is 10.2 Å². The van der Waals surface area contributed by atoms with Crippen molar-refractivity contribution in [3.63, 3.8) is 0 Å². The molecule has 1 aliphatic carbocycles. The number of thiazole rings is 1. The Morgan fingerprint density at radius 1 is 1.07 bits per heavy atom. The second-order valence-corrected chi connectivity index (χ2v) is 9.76. The first kappa shape index (κ1) is 18.3. The lowest BCUT2D eigenvalue weighted by atomic mass is 9.73. The van der Waals surface area contributed by atoms with Gasteiger partial charge in [0.25, 0.3) is 0 Å². The highest BCUT2D eigenvalue weighted by Crippen LogP contribution is 2.45. The Hall–Kier alpha value is -1.79. The van der Waals surface area contributed by atoms with Crippen molar-refractivity contribution < 1.29 is 9.59 Å². The molecule has 6 heteroatoms. The van der Waals surface area contributed by atoms with Gasteiger partial charge >= 0.3 is 0 Å². The van der Waals surface area contributed by atoms with E-state index >= 15 is 0 Å². The molecule has 1 aromatic heterocycles. The number of rotatable bonds is 3. The SMILES string of the molecule is O=C1CC2(CCCCC2)C(=O)N1CN1CCC(c2nc3ccccc3s2)CC1. The molecule has 0 bridgehead atoms. The van der Waals surface area contributed by atoms with Gasteiger partial charge in [0, 0.05) is 25.4 Å². The van der Waals surface area contributed by atoms with Crippen molar-refractivity contribution in [2.24, 2.45) is 5.41 Å².